The van der Waals surface area contributed by atoms with Crippen LogP contribution in [0.25, 0.3) is 0 Å². The van der Waals surface area contributed by atoms with E-state index in [0.717, 1.165) is 6.07 Å². The van der Waals surface area contributed by atoms with Crippen molar-refractivity contribution in [3.8, 4) is 5.75 Å². The summed E-state index contributed by atoms with van der Waals surface area (Å²) in [6, 6.07) is 2.50. The predicted molar refractivity (Wildman–Crippen MR) is 76.1 cm³/mol. The molecule has 0 aliphatic carbocycles. The summed E-state index contributed by atoms with van der Waals surface area (Å²) in [6.45, 7) is 4.69. The van der Waals surface area contributed by atoms with Crippen LogP contribution in [0.2, 0.25) is 0 Å². The Morgan fingerprint density at radius 3 is 2.43 bits per heavy atom. The first-order valence-corrected chi connectivity index (χ1v) is 7.63. The minimum Gasteiger partial charge on any atom is -0.492 e. The predicted octanol–water partition coefficient (Wildman–Crippen LogP) is 1.56. The summed E-state index contributed by atoms with van der Waals surface area (Å²) in [4.78, 5) is 22.2. The molecule has 1 amide bonds. The van der Waals surface area contributed by atoms with E-state index in [-0.39, 0.29) is 40.7 Å². The fourth-order valence-corrected chi connectivity index (χ4v) is 2.46. The second kappa shape index (κ2) is 6.68. The molecule has 0 saturated heterocycles. The van der Waals surface area contributed by atoms with E-state index in [4.69, 9.17) is 9.29 Å². The largest absolute Gasteiger partial charge is 0.492 e. The average Bonchev–Trinajstić information content (AvgIpc) is 2.29. The first kappa shape index (κ1) is 17.1. The van der Waals surface area contributed by atoms with E-state index in [1.165, 1.54) is 19.9 Å². The zero-order valence-electron chi connectivity index (χ0n) is 12.0. The molecule has 7 nitrogen and oxygen atoms in total. The monoisotopic (exact) mass is 315 g/mol. The fraction of sp³-hybridized carbons (Fsp3) is 0.385. The van der Waals surface area contributed by atoms with Crippen LogP contribution in [0.15, 0.2) is 17.0 Å². The molecule has 1 rings (SSSR count). The third-order valence-electron chi connectivity index (χ3n) is 2.54. The van der Waals surface area contributed by atoms with Crippen molar-refractivity contribution in [2.75, 3.05) is 11.9 Å². The first-order valence-electron chi connectivity index (χ1n) is 6.19. The molecular weight excluding hydrogens is 298 g/mol. The van der Waals surface area contributed by atoms with E-state index >= 15 is 0 Å². The van der Waals surface area contributed by atoms with Crippen molar-refractivity contribution < 1.29 is 27.3 Å². The molecule has 116 valence electrons. The van der Waals surface area contributed by atoms with Gasteiger partial charge in [-0.1, -0.05) is 0 Å². The number of ether oxygens (including phenoxy) is 1. The minimum atomic E-state index is -4.39. The lowest BCUT2D eigenvalue weighted by Crippen LogP contribution is -2.16. The summed E-state index contributed by atoms with van der Waals surface area (Å²) in [5.74, 6) is -0.716. The van der Waals surface area contributed by atoms with Crippen LogP contribution in [0.5, 0.6) is 5.75 Å². The smallest absolute Gasteiger partial charge is 0.294 e. The van der Waals surface area contributed by atoms with Crippen LogP contribution in [0, 0.1) is 6.92 Å². The van der Waals surface area contributed by atoms with Crippen LogP contribution < -0.4 is 10.1 Å². The highest BCUT2D eigenvalue weighted by Gasteiger charge is 2.18. The van der Waals surface area contributed by atoms with Crippen LogP contribution >= 0.6 is 0 Å². The van der Waals surface area contributed by atoms with Crippen LogP contribution in [-0.4, -0.2) is 31.3 Å². The number of Topliss-reactive ketones (excluding diaryl/α,β-unsaturated/α-hetero) is 1. The van der Waals surface area contributed by atoms with Gasteiger partial charge in [-0.25, -0.2) is 0 Å². The van der Waals surface area contributed by atoms with E-state index in [9.17, 15) is 18.0 Å². The van der Waals surface area contributed by atoms with Crippen molar-refractivity contribution in [3.63, 3.8) is 0 Å². The Balaban J connectivity index is 3.23. The maximum atomic E-state index is 11.6. The Bertz CT molecular complexity index is 665. The standard InChI is InChI=1S/C13H17NO6S/c1-4-20-11-7-12(21(17,18)19)8(2)5-10(11)14-13(16)6-9(3)15/h5,7H,4,6H2,1-3H3,(H,14,16)(H,17,18,19). The van der Waals surface area contributed by atoms with Gasteiger partial charge in [0.25, 0.3) is 10.1 Å². The second-order valence-corrected chi connectivity index (χ2v) is 5.84. The molecule has 1 aromatic carbocycles. The SMILES string of the molecule is CCOc1cc(S(=O)(=O)O)c(C)cc1NC(=O)CC(C)=O. The van der Waals surface area contributed by atoms with Crippen molar-refractivity contribution in [1.82, 2.24) is 0 Å². The highest BCUT2D eigenvalue weighted by atomic mass is 32.2. The zero-order chi connectivity index (χ0) is 16.2. The van der Waals surface area contributed by atoms with Gasteiger partial charge in [-0.3, -0.25) is 14.1 Å². The molecule has 0 aliphatic heterocycles. The third kappa shape index (κ3) is 4.83. The van der Waals surface area contributed by atoms with Crippen molar-refractivity contribution in [2.24, 2.45) is 0 Å². The van der Waals surface area contributed by atoms with E-state index in [0.29, 0.717) is 0 Å². The highest BCUT2D eigenvalue weighted by Crippen LogP contribution is 2.31. The maximum Gasteiger partial charge on any atom is 0.294 e. The van der Waals surface area contributed by atoms with Gasteiger partial charge in [0.2, 0.25) is 5.91 Å². The average molecular weight is 315 g/mol. The molecule has 8 heteroatoms. The number of rotatable bonds is 6. The Labute approximate surface area is 123 Å². The second-order valence-electron chi connectivity index (χ2n) is 4.45. The summed E-state index contributed by atoms with van der Waals surface area (Å²) in [6.07, 6.45) is -0.287. The number of amides is 1. The van der Waals surface area contributed by atoms with E-state index in [2.05, 4.69) is 5.32 Å². The number of nitrogens with one attached hydrogen (secondary N) is 1. The van der Waals surface area contributed by atoms with Crippen LogP contribution in [0.4, 0.5) is 5.69 Å². The van der Waals surface area contributed by atoms with Gasteiger partial charge in [-0.2, -0.15) is 8.42 Å². The number of carbonyl (C=O) groups is 2. The van der Waals surface area contributed by atoms with E-state index in [1.54, 1.807) is 6.92 Å². The number of ketones is 1. The Morgan fingerprint density at radius 2 is 1.95 bits per heavy atom. The third-order valence-corrected chi connectivity index (χ3v) is 3.53. The van der Waals surface area contributed by atoms with Crippen molar-refractivity contribution >= 4 is 27.5 Å². The summed E-state index contributed by atoms with van der Waals surface area (Å²) >= 11 is 0. The lowest BCUT2D eigenvalue weighted by atomic mass is 10.2. The molecule has 0 atom stereocenters. The normalized spacial score (nSPS) is 11.0. The Kier molecular flexibility index (Phi) is 5.45. The molecule has 2 N–H and O–H groups in total. The molecule has 0 bridgehead atoms. The van der Waals surface area contributed by atoms with Crippen LogP contribution in [-0.2, 0) is 19.7 Å². The molecule has 0 spiro atoms. The molecule has 0 unspecified atom stereocenters. The van der Waals surface area contributed by atoms with Crippen LogP contribution in [0.3, 0.4) is 0 Å². The van der Waals surface area contributed by atoms with Gasteiger partial charge in [0, 0.05) is 6.07 Å². The molecule has 0 saturated carbocycles. The zero-order valence-corrected chi connectivity index (χ0v) is 12.8. The van der Waals surface area contributed by atoms with Gasteiger partial charge >= 0.3 is 0 Å². The molecule has 0 aromatic heterocycles. The molecule has 0 heterocycles. The Hall–Kier alpha value is -1.93. The summed E-state index contributed by atoms with van der Waals surface area (Å²) in [7, 11) is -4.39. The summed E-state index contributed by atoms with van der Waals surface area (Å²) < 4.78 is 36.9. The lowest BCUT2D eigenvalue weighted by Gasteiger charge is -2.14. The molecule has 1 aromatic rings. The maximum absolute atomic E-state index is 11.6. The fourth-order valence-electron chi connectivity index (χ4n) is 1.74. The molecule has 0 radical (unpaired) electrons. The Morgan fingerprint density at radius 1 is 1.33 bits per heavy atom. The number of benzene rings is 1. The molecule has 0 fully saturated rings. The first-order chi connectivity index (χ1) is 9.65. The molecular formula is C13H17NO6S. The van der Waals surface area contributed by atoms with Gasteiger partial charge in [0.15, 0.2) is 0 Å². The van der Waals surface area contributed by atoms with Gasteiger partial charge in [-0.05, 0) is 32.4 Å². The minimum absolute atomic E-state index is 0.104. The topological polar surface area (TPSA) is 110 Å². The summed E-state index contributed by atoms with van der Waals surface area (Å²) in [5.41, 5.74) is 0.493. The van der Waals surface area contributed by atoms with Crippen LogP contribution in [0.1, 0.15) is 25.8 Å². The number of hydrogen-bond acceptors (Lipinski definition) is 5. The number of aryl methyl sites for hydroxylation is 1. The number of anilines is 1. The number of carbonyl (C=O) groups excluding carboxylic acids is 2. The lowest BCUT2D eigenvalue weighted by molar-refractivity contribution is -0.124. The highest BCUT2D eigenvalue weighted by molar-refractivity contribution is 7.85. The number of hydrogen-bond donors (Lipinski definition) is 2. The van der Waals surface area contributed by atoms with Crippen molar-refractivity contribution in [3.05, 3.63) is 17.7 Å². The summed E-state index contributed by atoms with van der Waals surface area (Å²) in [5, 5.41) is 2.48. The van der Waals surface area contributed by atoms with Crippen molar-refractivity contribution in [1.29, 1.82) is 0 Å². The molecule has 0 aliphatic rings. The van der Waals surface area contributed by atoms with E-state index < -0.39 is 16.0 Å². The van der Waals surface area contributed by atoms with Gasteiger partial charge in [0.1, 0.15) is 16.4 Å². The van der Waals surface area contributed by atoms with Gasteiger partial charge < -0.3 is 10.1 Å². The van der Waals surface area contributed by atoms with Gasteiger partial charge in [0.05, 0.1) is 18.7 Å². The van der Waals surface area contributed by atoms with E-state index in [1.807, 2.05) is 0 Å². The molecule has 21 heavy (non-hydrogen) atoms. The quantitative estimate of drug-likeness (QED) is 0.609. The van der Waals surface area contributed by atoms with Gasteiger partial charge in [-0.15, -0.1) is 0 Å². The van der Waals surface area contributed by atoms with Crippen molar-refractivity contribution in [2.45, 2.75) is 32.1 Å².